The summed E-state index contributed by atoms with van der Waals surface area (Å²) in [5.74, 6) is 0.292. The van der Waals surface area contributed by atoms with E-state index in [2.05, 4.69) is 16.9 Å². The molecular formula is C21H22N2O3. The van der Waals surface area contributed by atoms with Gasteiger partial charge in [-0.15, -0.1) is 0 Å². The molecule has 0 aromatic heterocycles. The molecule has 1 atom stereocenters. The molecule has 0 saturated heterocycles. The average Bonchev–Trinajstić information content (AvgIpc) is 3.18. The van der Waals surface area contributed by atoms with Crippen molar-refractivity contribution >= 4 is 11.8 Å². The van der Waals surface area contributed by atoms with Crippen LogP contribution < -0.4 is 15.6 Å². The molecule has 0 fully saturated rings. The van der Waals surface area contributed by atoms with Crippen LogP contribution >= 0.6 is 0 Å². The molecule has 0 saturated carbocycles. The maximum atomic E-state index is 11.9. The van der Waals surface area contributed by atoms with Crippen LogP contribution in [0.15, 0.2) is 66.7 Å². The lowest BCUT2D eigenvalue weighted by atomic mass is 10.1. The molecule has 2 aromatic carbocycles. The zero-order valence-corrected chi connectivity index (χ0v) is 14.5. The van der Waals surface area contributed by atoms with Crippen molar-refractivity contribution < 1.29 is 14.3 Å². The van der Waals surface area contributed by atoms with Gasteiger partial charge in [-0.2, -0.15) is 0 Å². The fourth-order valence-corrected chi connectivity index (χ4v) is 2.92. The molecule has 1 aliphatic carbocycles. The number of nitrogens with one attached hydrogen (secondary N) is 2. The fourth-order valence-electron chi connectivity index (χ4n) is 2.92. The Hall–Kier alpha value is -3.08. The van der Waals surface area contributed by atoms with E-state index in [1.54, 1.807) is 0 Å². The number of para-hydroxylation sites is 1. The molecular weight excluding hydrogens is 328 g/mol. The Morgan fingerprint density at radius 1 is 0.962 bits per heavy atom. The van der Waals surface area contributed by atoms with Gasteiger partial charge in [0.1, 0.15) is 5.75 Å². The molecule has 0 radical (unpaired) electrons. The van der Waals surface area contributed by atoms with Crippen molar-refractivity contribution in [3.8, 4) is 16.9 Å². The van der Waals surface area contributed by atoms with Crippen molar-refractivity contribution in [1.29, 1.82) is 0 Å². The van der Waals surface area contributed by atoms with Gasteiger partial charge in [0.2, 0.25) is 5.91 Å². The second kappa shape index (κ2) is 8.85. The number of ether oxygens (including phenoxy) is 1. The van der Waals surface area contributed by atoms with Gasteiger partial charge < -0.3 is 4.74 Å². The molecule has 2 aromatic rings. The number of hydrazine groups is 1. The third-order valence-corrected chi connectivity index (χ3v) is 4.23. The van der Waals surface area contributed by atoms with E-state index < -0.39 is 5.91 Å². The Kier molecular flexibility index (Phi) is 6.04. The number of hydrogen-bond acceptors (Lipinski definition) is 3. The maximum absolute atomic E-state index is 11.9. The van der Waals surface area contributed by atoms with Crippen molar-refractivity contribution in [3.63, 3.8) is 0 Å². The smallest absolute Gasteiger partial charge is 0.276 e. The van der Waals surface area contributed by atoms with E-state index in [0.29, 0.717) is 12.2 Å². The van der Waals surface area contributed by atoms with E-state index in [9.17, 15) is 9.59 Å². The van der Waals surface area contributed by atoms with Crippen molar-refractivity contribution in [2.45, 2.75) is 19.3 Å². The zero-order chi connectivity index (χ0) is 18.2. The summed E-state index contributed by atoms with van der Waals surface area (Å²) in [5, 5.41) is 0. The third-order valence-electron chi connectivity index (χ3n) is 4.23. The summed E-state index contributed by atoms with van der Waals surface area (Å²) in [5.41, 5.74) is 6.77. The normalized spacial score (nSPS) is 15.5. The van der Waals surface area contributed by atoms with E-state index in [4.69, 9.17) is 4.74 Å². The molecule has 0 spiro atoms. The number of allylic oxidation sites excluding steroid dienone is 2. The van der Waals surface area contributed by atoms with Gasteiger partial charge in [-0.05, 0) is 30.4 Å². The number of carbonyl (C=O) groups is 2. The standard InChI is InChI=1S/C21H22N2O3/c24-20(14-16-8-4-5-9-16)22-23-21(25)15-26-19-13-7-6-12-18(19)17-10-2-1-3-11-17/h1-4,6-8,10-13,16H,5,9,14-15H2,(H,22,24)(H,23,25)/t16-/m1/s1. The predicted molar refractivity (Wildman–Crippen MR) is 100 cm³/mol. The fraction of sp³-hybridized carbons (Fsp3) is 0.238. The quantitative estimate of drug-likeness (QED) is 0.621. The summed E-state index contributed by atoms with van der Waals surface area (Å²) in [6, 6.07) is 17.4. The van der Waals surface area contributed by atoms with Crippen LogP contribution in [-0.2, 0) is 9.59 Å². The van der Waals surface area contributed by atoms with Crippen LogP contribution in [0.2, 0.25) is 0 Å². The van der Waals surface area contributed by atoms with E-state index in [1.807, 2.05) is 60.7 Å². The Bertz CT molecular complexity index is 787. The van der Waals surface area contributed by atoms with Crippen molar-refractivity contribution in [3.05, 3.63) is 66.7 Å². The molecule has 1 aliphatic rings. The molecule has 2 N–H and O–H groups in total. The van der Waals surface area contributed by atoms with Crippen LogP contribution in [0.4, 0.5) is 0 Å². The van der Waals surface area contributed by atoms with Gasteiger partial charge in [-0.25, -0.2) is 0 Å². The van der Waals surface area contributed by atoms with Crippen LogP contribution in [0, 0.1) is 5.92 Å². The number of hydrogen-bond donors (Lipinski definition) is 2. The lowest BCUT2D eigenvalue weighted by Gasteiger charge is -2.13. The molecule has 0 aliphatic heterocycles. The first-order valence-electron chi connectivity index (χ1n) is 8.74. The van der Waals surface area contributed by atoms with Crippen LogP contribution in [0.5, 0.6) is 5.75 Å². The summed E-state index contributed by atoms with van der Waals surface area (Å²) >= 11 is 0. The average molecular weight is 350 g/mol. The Morgan fingerprint density at radius 3 is 2.46 bits per heavy atom. The Balaban J connectivity index is 1.49. The third kappa shape index (κ3) is 4.96. The minimum atomic E-state index is -0.400. The molecule has 5 nitrogen and oxygen atoms in total. The summed E-state index contributed by atoms with van der Waals surface area (Å²) in [6.07, 6.45) is 6.51. The number of amides is 2. The van der Waals surface area contributed by atoms with E-state index in [-0.39, 0.29) is 18.4 Å². The first-order valence-corrected chi connectivity index (χ1v) is 8.74. The molecule has 134 valence electrons. The van der Waals surface area contributed by atoms with Crippen molar-refractivity contribution in [2.75, 3.05) is 6.61 Å². The van der Waals surface area contributed by atoms with E-state index in [0.717, 1.165) is 24.0 Å². The van der Waals surface area contributed by atoms with E-state index in [1.165, 1.54) is 0 Å². The van der Waals surface area contributed by atoms with Gasteiger partial charge in [-0.3, -0.25) is 20.4 Å². The predicted octanol–water partition coefficient (Wildman–Crippen LogP) is 3.24. The highest BCUT2D eigenvalue weighted by molar-refractivity contribution is 5.83. The lowest BCUT2D eigenvalue weighted by molar-refractivity contribution is -0.130. The van der Waals surface area contributed by atoms with E-state index >= 15 is 0 Å². The number of carbonyl (C=O) groups excluding carboxylic acids is 2. The monoisotopic (exact) mass is 350 g/mol. The van der Waals surface area contributed by atoms with Crippen LogP contribution in [0.1, 0.15) is 19.3 Å². The van der Waals surface area contributed by atoms with Gasteiger partial charge in [0.15, 0.2) is 6.61 Å². The van der Waals surface area contributed by atoms with Crippen LogP contribution in [-0.4, -0.2) is 18.4 Å². The minimum absolute atomic E-state index is 0.173. The van der Waals surface area contributed by atoms with Crippen molar-refractivity contribution in [2.24, 2.45) is 5.92 Å². The number of benzene rings is 2. The molecule has 0 bridgehead atoms. The van der Waals surface area contributed by atoms with Gasteiger partial charge >= 0.3 is 0 Å². The first kappa shape index (κ1) is 17.7. The highest BCUT2D eigenvalue weighted by atomic mass is 16.5. The van der Waals surface area contributed by atoms with Crippen LogP contribution in [0.25, 0.3) is 11.1 Å². The molecule has 0 heterocycles. The maximum Gasteiger partial charge on any atom is 0.276 e. The van der Waals surface area contributed by atoms with Gasteiger partial charge in [0.05, 0.1) is 0 Å². The summed E-state index contributed by atoms with van der Waals surface area (Å²) < 4.78 is 5.64. The zero-order valence-electron chi connectivity index (χ0n) is 14.5. The lowest BCUT2D eigenvalue weighted by Crippen LogP contribution is -2.44. The summed E-state index contributed by atoms with van der Waals surface area (Å²) in [7, 11) is 0. The second-order valence-electron chi connectivity index (χ2n) is 6.22. The second-order valence-corrected chi connectivity index (χ2v) is 6.22. The van der Waals surface area contributed by atoms with Crippen molar-refractivity contribution in [1.82, 2.24) is 10.9 Å². The number of rotatable bonds is 6. The van der Waals surface area contributed by atoms with Gasteiger partial charge in [0.25, 0.3) is 5.91 Å². The van der Waals surface area contributed by atoms with Gasteiger partial charge in [-0.1, -0.05) is 60.7 Å². The highest BCUT2D eigenvalue weighted by Crippen LogP contribution is 2.29. The van der Waals surface area contributed by atoms with Gasteiger partial charge in [0, 0.05) is 12.0 Å². The largest absolute Gasteiger partial charge is 0.483 e. The highest BCUT2D eigenvalue weighted by Gasteiger charge is 2.14. The van der Waals surface area contributed by atoms with Crippen LogP contribution in [0.3, 0.4) is 0 Å². The summed E-state index contributed by atoms with van der Waals surface area (Å²) in [4.78, 5) is 23.8. The molecule has 3 rings (SSSR count). The topological polar surface area (TPSA) is 67.4 Å². The minimum Gasteiger partial charge on any atom is -0.483 e. The SMILES string of the molecule is O=C(COc1ccccc1-c1ccccc1)NNC(=O)C[C@@H]1C=CCC1. The molecule has 26 heavy (non-hydrogen) atoms. The summed E-state index contributed by atoms with van der Waals surface area (Å²) in [6.45, 7) is -0.173. The molecule has 2 amide bonds. The molecule has 0 unspecified atom stereocenters. The first-order chi connectivity index (χ1) is 12.7. The Labute approximate surface area is 153 Å². The molecule has 5 heteroatoms. The Morgan fingerprint density at radius 2 is 1.69 bits per heavy atom.